The Morgan fingerprint density at radius 2 is 1.78 bits per heavy atom. The molecule has 0 unspecified atom stereocenters. The van der Waals surface area contributed by atoms with E-state index in [1.165, 1.54) is 23.9 Å². The SMILES string of the molecule is Cc1ccccc1C(=O)NC1CCN(C(=O)CSc2ccc(F)cc2)CC1. The molecule has 1 N–H and O–H groups in total. The van der Waals surface area contributed by atoms with Crippen LogP contribution in [0.25, 0.3) is 0 Å². The van der Waals surface area contributed by atoms with Crippen molar-refractivity contribution in [1.82, 2.24) is 10.2 Å². The molecule has 27 heavy (non-hydrogen) atoms. The minimum absolute atomic E-state index is 0.0512. The summed E-state index contributed by atoms with van der Waals surface area (Å²) < 4.78 is 12.9. The zero-order chi connectivity index (χ0) is 19.2. The topological polar surface area (TPSA) is 49.4 Å². The fraction of sp³-hybridized carbons (Fsp3) is 0.333. The number of benzene rings is 2. The first-order valence-corrected chi connectivity index (χ1v) is 10.0. The van der Waals surface area contributed by atoms with Crippen molar-refractivity contribution in [2.75, 3.05) is 18.8 Å². The van der Waals surface area contributed by atoms with Crippen LogP contribution in [0, 0.1) is 12.7 Å². The van der Waals surface area contributed by atoms with Gasteiger partial charge < -0.3 is 10.2 Å². The van der Waals surface area contributed by atoms with Crippen molar-refractivity contribution in [2.24, 2.45) is 0 Å². The molecule has 6 heteroatoms. The normalized spacial score (nSPS) is 14.8. The number of amides is 2. The highest BCUT2D eigenvalue weighted by Crippen LogP contribution is 2.20. The first-order valence-electron chi connectivity index (χ1n) is 9.05. The quantitative estimate of drug-likeness (QED) is 0.798. The number of piperidine rings is 1. The number of nitrogens with one attached hydrogen (secondary N) is 1. The standard InChI is InChI=1S/C21H23FN2O2S/c1-15-4-2-3-5-19(15)21(26)23-17-10-12-24(13-11-17)20(25)14-27-18-8-6-16(22)7-9-18/h2-9,17H,10-14H2,1H3,(H,23,26). The lowest BCUT2D eigenvalue weighted by Crippen LogP contribution is -2.47. The molecular weight excluding hydrogens is 363 g/mol. The predicted molar refractivity (Wildman–Crippen MR) is 105 cm³/mol. The smallest absolute Gasteiger partial charge is 0.251 e. The van der Waals surface area contributed by atoms with Crippen molar-refractivity contribution in [1.29, 1.82) is 0 Å². The van der Waals surface area contributed by atoms with E-state index in [4.69, 9.17) is 0 Å². The summed E-state index contributed by atoms with van der Waals surface area (Å²) in [6.07, 6.45) is 1.51. The highest BCUT2D eigenvalue weighted by Gasteiger charge is 2.24. The molecule has 1 saturated heterocycles. The molecule has 1 aliphatic heterocycles. The van der Waals surface area contributed by atoms with E-state index < -0.39 is 0 Å². The van der Waals surface area contributed by atoms with E-state index in [2.05, 4.69) is 5.32 Å². The summed E-state index contributed by atoms with van der Waals surface area (Å²) in [5.74, 6) is 0.0875. The molecule has 142 valence electrons. The fourth-order valence-corrected chi connectivity index (χ4v) is 3.93. The van der Waals surface area contributed by atoms with Gasteiger partial charge in [-0.25, -0.2) is 4.39 Å². The summed E-state index contributed by atoms with van der Waals surface area (Å²) in [6.45, 7) is 3.21. The number of rotatable bonds is 5. The van der Waals surface area contributed by atoms with Gasteiger partial charge in [-0.05, 0) is 55.7 Å². The van der Waals surface area contributed by atoms with Gasteiger partial charge in [0, 0.05) is 29.6 Å². The molecule has 0 spiro atoms. The maximum atomic E-state index is 12.9. The third kappa shape index (κ3) is 5.32. The van der Waals surface area contributed by atoms with Crippen molar-refractivity contribution in [2.45, 2.75) is 30.7 Å². The van der Waals surface area contributed by atoms with Gasteiger partial charge in [0.15, 0.2) is 0 Å². The van der Waals surface area contributed by atoms with Gasteiger partial charge in [0.05, 0.1) is 5.75 Å². The minimum Gasteiger partial charge on any atom is -0.349 e. The lowest BCUT2D eigenvalue weighted by atomic mass is 10.0. The Kier molecular flexibility index (Phi) is 6.50. The Morgan fingerprint density at radius 1 is 1.11 bits per heavy atom. The summed E-state index contributed by atoms with van der Waals surface area (Å²) >= 11 is 1.41. The Labute approximate surface area is 163 Å². The van der Waals surface area contributed by atoms with Gasteiger partial charge >= 0.3 is 0 Å². The first-order chi connectivity index (χ1) is 13.0. The number of hydrogen-bond donors (Lipinski definition) is 1. The van der Waals surface area contributed by atoms with E-state index in [1.807, 2.05) is 36.1 Å². The Hall–Kier alpha value is -2.34. The molecule has 2 aromatic rings. The van der Waals surface area contributed by atoms with Crippen LogP contribution < -0.4 is 5.32 Å². The second-order valence-corrected chi connectivity index (χ2v) is 7.73. The Bertz CT molecular complexity index is 802. The number of aryl methyl sites for hydroxylation is 1. The van der Waals surface area contributed by atoms with Gasteiger partial charge in [0.2, 0.25) is 5.91 Å². The van der Waals surface area contributed by atoms with Gasteiger partial charge in [0.25, 0.3) is 5.91 Å². The van der Waals surface area contributed by atoms with Gasteiger partial charge in [-0.15, -0.1) is 11.8 Å². The molecule has 0 atom stereocenters. The van der Waals surface area contributed by atoms with Gasteiger partial charge in [-0.1, -0.05) is 18.2 Å². The highest BCUT2D eigenvalue weighted by molar-refractivity contribution is 8.00. The lowest BCUT2D eigenvalue weighted by Gasteiger charge is -2.32. The zero-order valence-electron chi connectivity index (χ0n) is 15.3. The molecule has 0 bridgehead atoms. The van der Waals surface area contributed by atoms with Crippen LogP contribution in [0.15, 0.2) is 53.4 Å². The van der Waals surface area contributed by atoms with Crippen LogP contribution in [-0.4, -0.2) is 41.6 Å². The van der Waals surface area contributed by atoms with Crippen LogP contribution in [0.5, 0.6) is 0 Å². The van der Waals surface area contributed by atoms with Crippen LogP contribution in [-0.2, 0) is 4.79 Å². The predicted octanol–water partition coefficient (Wildman–Crippen LogP) is 3.65. The number of carbonyl (C=O) groups is 2. The van der Waals surface area contributed by atoms with Crippen LogP contribution in [0.2, 0.25) is 0 Å². The van der Waals surface area contributed by atoms with E-state index in [0.717, 1.165) is 23.3 Å². The van der Waals surface area contributed by atoms with Crippen molar-refractivity contribution in [3.63, 3.8) is 0 Å². The van der Waals surface area contributed by atoms with E-state index in [9.17, 15) is 14.0 Å². The molecule has 2 aromatic carbocycles. The highest BCUT2D eigenvalue weighted by atomic mass is 32.2. The molecule has 0 aromatic heterocycles. The number of thioether (sulfide) groups is 1. The monoisotopic (exact) mass is 386 g/mol. The first kappa shape index (κ1) is 19.4. The molecule has 0 aliphatic carbocycles. The van der Waals surface area contributed by atoms with Crippen molar-refractivity contribution in [3.8, 4) is 0 Å². The van der Waals surface area contributed by atoms with Crippen LogP contribution in [0.3, 0.4) is 0 Å². The van der Waals surface area contributed by atoms with Gasteiger partial charge in [-0.3, -0.25) is 9.59 Å². The van der Waals surface area contributed by atoms with E-state index >= 15 is 0 Å². The summed E-state index contributed by atoms with van der Waals surface area (Å²) in [5, 5.41) is 3.08. The van der Waals surface area contributed by atoms with Gasteiger partial charge in [-0.2, -0.15) is 0 Å². The van der Waals surface area contributed by atoms with Crippen molar-refractivity contribution >= 4 is 23.6 Å². The number of hydrogen-bond acceptors (Lipinski definition) is 3. The third-order valence-corrected chi connectivity index (χ3v) is 5.75. The largest absolute Gasteiger partial charge is 0.349 e. The van der Waals surface area contributed by atoms with E-state index in [0.29, 0.717) is 24.4 Å². The minimum atomic E-state index is -0.277. The zero-order valence-corrected chi connectivity index (χ0v) is 16.1. The summed E-state index contributed by atoms with van der Waals surface area (Å²) in [7, 11) is 0. The summed E-state index contributed by atoms with van der Waals surface area (Å²) in [4.78, 5) is 27.5. The Morgan fingerprint density at radius 3 is 2.44 bits per heavy atom. The molecule has 1 heterocycles. The van der Waals surface area contributed by atoms with Crippen molar-refractivity contribution in [3.05, 3.63) is 65.5 Å². The van der Waals surface area contributed by atoms with Crippen LogP contribution >= 0.6 is 11.8 Å². The Balaban J connectivity index is 1.44. The maximum absolute atomic E-state index is 12.9. The second-order valence-electron chi connectivity index (χ2n) is 6.69. The number of likely N-dealkylation sites (tertiary alicyclic amines) is 1. The van der Waals surface area contributed by atoms with Crippen LogP contribution in [0.4, 0.5) is 4.39 Å². The number of halogens is 1. The third-order valence-electron chi connectivity index (χ3n) is 4.75. The molecular formula is C21H23FN2O2S. The summed E-state index contributed by atoms with van der Waals surface area (Å²) in [6, 6.07) is 13.8. The molecule has 0 saturated carbocycles. The average Bonchev–Trinajstić information content (AvgIpc) is 2.68. The fourth-order valence-electron chi connectivity index (χ4n) is 3.13. The van der Waals surface area contributed by atoms with E-state index in [1.54, 1.807) is 12.1 Å². The molecule has 3 rings (SSSR count). The van der Waals surface area contributed by atoms with Crippen LogP contribution in [0.1, 0.15) is 28.8 Å². The molecule has 2 amide bonds. The number of nitrogens with zero attached hydrogens (tertiary/aromatic N) is 1. The molecule has 1 aliphatic rings. The van der Waals surface area contributed by atoms with E-state index in [-0.39, 0.29) is 23.7 Å². The lowest BCUT2D eigenvalue weighted by molar-refractivity contribution is -0.129. The maximum Gasteiger partial charge on any atom is 0.251 e. The second kappa shape index (κ2) is 9.04. The average molecular weight is 386 g/mol. The molecule has 0 radical (unpaired) electrons. The van der Waals surface area contributed by atoms with Gasteiger partial charge in [0.1, 0.15) is 5.82 Å². The summed E-state index contributed by atoms with van der Waals surface area (Å²) in [5.41, 5.74) is 1.66. The van der Waals surface area contributed by atoms with Crippen molar-refractivity contribution < 1.29 is 14.0 Å². The number of carbonyl (C=O) groups excluding carboxylic acids is 2. The molecule has 4 nitrogen and oxygen atoms in total. The molecule has 1 fully saturated rings.